The van der Waals surface area contributed by atoms with E-state index < -0.39 is 0 Å². The van der Waals surface area contributed by atoms with Gasteiger partial charge in [0.2, 0.25) is 5.91 Å². The molecule has 0 aliphatic heterocycles. The fraction of sp³-hybridized carbons (Fsp3) is 0.211. The Morgan fingerprint density at radius 1 is 1.14 bits per heavy atom. The smallest absolute Gasteiger partial charge is 0.223 e. The normalized spacial score (nSPS) is 11.5. The van der Waals surface area contributed by atoms with Crippen molar-refractivity contribution < 1.29 is 4.79 Å². The van der Waals surface area contributed by atoms with E-state index in [1.807, 2.05) is 13.0 Å². The minimum atomic E-state index is 0.0370. The van der Waals surface area contributed by atoms with E-state index in [0.29, 0.717) is 6.54 Å². The molecular weight excluding hydrogens is 258 g/mol. The van der Waals surface area contributed by atoms with Crippen molar-refractivity contribution in [3.63, 3.8) is 0 Å². The molecular formula is C19H21NO. The second-order valence-corrected chi connectivity index (χ2v) is 5.33. The highest BCUT2D eigenvalue weighted by molar-refractivity contribution is 5.84. The molecule has 0 aliphatic rings. The number of carbonyl (C=O) groups excluding carboxylic acids is 1. The predicted molar refractivity (Wildman–Crippen MR) is 88.9 cm³/mol. The number of hydrogen-bond acceptors (Lipinski definition) is 1. The minimum Gasteiger partial charge on any atom is -0.312 e. The number of aryl methyl sites for hydroxylation is 1. The molecule has 0 N–H and O–H groups in total. The van der Waals surface area contributed by atoms with Gasteiger partial charge < -0.3 is 4.90 Å². The molecule has 0 aliphatic carbocycles. The van der Waals surface area contributed by atoms with Gasteiger partial charge in [0, 0.05) is 12.6 Å². The molecule has 2 heteroatoms. The van der Waals surface area contributed by atoms with Gasteiger partial charge in [0.1, 0.15) is 0 Å². The lowest BCUT2D eigenvalue weighted by Crippen LogP contribution is -2.26. The minimum absolute atomic E-state index is 0.0370. The summed E-state index contributed by atoms with van der Waals surface area (Å²) in [5.41, 5.74) is 3.27. The van der Waals surface area contributed by atoms with Gasteiger partial charge in [0.25, 0.3) is 0 Å². The zero-order valence-electron chi connectivity index (χ0n) is 12.9. The maximum Gasteiger partial charge on any atom is 0.223 e. The van der Waals surface area contributed by atoms with Crippen LogP contribution in [0.4, 0.5) is 0 Å². The van der Waals surface area contributed by atoms with E-state index in [1.54, 1.807) is 17.9 Å². The number of hydrogen-bond donors (Lipinski definition) is 0. The molecule has 2 aromatic carbocycles. The third-order valence-electron chi connectivity index (χ3n) is 3.57. The van der Waals surface area contributed by atoms with Gasteiger partial charge in [0.05, 0.1) is 6.54 Å². The predicted octanol–water partition coefficient (Wildman–Crippen LogP) is 4.59. The van der Waals surface area contributed by atoms with Gasteiger partial charge >= 0.3 is 0 Å². The Bertz CT molecular complexity index is 713. The summed E-state index contributed by atoms with van der Waals surface area (Å²) in [6.45, 7) is 9.87. The first-order valence-corrected chi connectivity index (χ1v) is 7.08. The number of amides is 1. The number of allylic oxidation sites excluding steroid dienone is 3. The van der Waals surface area contributed by atoms with Crippen LogP contribution in [0.15, 0.2) is 60.8 Å². The molecule has 2 nitrogen and oxygen atoms in total. The molecule has 0 saturated carbocycles. The van der Waals surface area contributed by atoms with E-state index in [2.05, 4.69) is 49.9 Å². The fourth-order valence-electron chi connectivity index (χ4n) is 2.44. The van der Waals surface area contributed by atoms with Crippen LogP contribution in [-0.2, 0) is 11.3 Å². The summed E-state index contributed by atoms with van der Waals surface area (Å²) < 4.78 is 0. The molecule has 0 aromatic heterocycles. The summed E-state index contributed by atoms with van der Waals surface area (Å²) in [4.78, 5) is 13.6. The van der Waals surface area contributed by atoms with Crippen molar-refractivity contribution in [1.29, 1.82) is 0 Å². The van der Waals surface area contributed by atoms with Crippen LogP contribution >= 0.6 is 0 Å². The van der Waals surface area contributed by atoms with Crippen molar-refractivity contribution in [2.45, 2.75) is 27.3 Å². The summed E-state index contributed by atoms with van der Waals surface area (Å²) in [6.07, 6.45) is 3.56. The van der Waals surface area contributed by atoms with Crippen LogP contribution in [0.3, 0.4) is 0 Å². The zero-order chi connectivity index (χ0) is 15.4. The number of rotatable bonds is 4. The molecule has 0 atom stereocenters. The van der Waals surface area contributed by atoms with Gasteiger partial charge in [-0.2, -0.15) is 0 Å². The first kappa shape index (κ1) is 15.0. The van der Waals surface area contributed by atoms with Crippen molar-refractivity contribution in [2.24, 2.45) is 0 Å². The Hall–Kier alpha value is -2.35. The second-order valence-electron chi connectivity index (χ2n) is 5.33. The molecule has 0 heterocycles. The maximum absolute atomic E-state index is 11.8. The summed E-state index contributed by atoms with van der Waals surface area (Å²) in [7, 11) is 0. The van der Waals surface area contributed by atoms with Crippen molar-refractivity contribution in [1.82, 2.24) is 4.90 Å². The Labute approximate surface area is 126 Å². The number of carbonyl (C=O) groups is 1. The SMILES string of the molecule is C=C/C=C(\C)N(Cc1ccc2ccc(C)cc2c1)C(C)=O. The molecule has 0 fully saturated rings. The molecule has 0 spiro atoms. The third kappa shape index (κ3) is 3.60. The monoisotopic (exact) mass is 279 g/mol. The van der Waals surface area contributed by atoms with Crippen LogP contribution in [0.5, 0.6) is 0 Å². The number of benzene rings is 2. The van der Waals surface area contributed by atoms with Gasteiger partial charge in [-0.3, -0.25) is 4.79 Å². The summed E-state index contributed by atoms with van der Waals surface area (Å²) in [5.74, 6) is 0.0370. The maximum atomic E-state index is 11.8. The topological polar surface area (TPSA) is 20.3 Å². The summed E-state index contributed by atoms with van der Waals surface area (Å²) in [5, 5.41) is 2.43. The number of fused-ring (bicyclic) bond motifs is 1. The highest BCUT2D eigenvalue weighted by Crippen LogP contribution is 2.20. The lowest BCUT2D eigenvalue weighted by atomic mass is 10.0. The second kappa shape index (κ2) is 6.40. The van der Waals surface area contributed by atoms with Gasteiger partial charge in [-0.15, -0.1) is 0 Å². The van der Waals surface area contributed by atoms with E-state index in [-0.39, 0.29) is 5.91 Å². The van der Waals surface area contributed by atoms with E-state index in [9.17, 15) is 4.79 Å². The summed E-state index contributed by atoms with van der Waals surface area (Å²) >= 11 is 0. The van der Waals surface area contributed by atoms with E-state index in [0.717, 1.165) is 11.3 Å². The highest BCUT2D eigenvalue weighted by atomic mass is 16.2. The van der Waals surface area contributed by atoms with Crippen LogP contribution in [0, 0.1) is 6.92 Å². The van der Waals surface area contributed by atoms with Crippen LogP contribution < -0.4 is 0 Å². The van der Waals surface area contributed by atoms with Crippen LogP contribution in [0.2, 0.25) is 0 Å². The first-order valence-electron chi connectivity index (χ1n) is 7.08. The largest absolute Gasteiger partial charge is 0.312 e. The van der Waals surface area contributed by atoms with Crippen LogP contribution in [-0.4, -0.2) is 10.8 Å². The molecule has 2 rings (SSSR count). The lowest BCUT2D eigenvalue weighted by Gasteiger charge is -2.22. The average Bonchev–Trinajstić information content (AvgIpc) is 2.44. The van der Waals surface area contributed by atoms with E-state index in [4.69, 9.17) is 0 Å². The number of nitrogens with zero attached hydrogens (tertiary/aromatic N) is 1. The lowest BCUT2D eigenvalue weighted by molar-refractivity contribution is -0.127. The Balaban J connectivity index is 2.34. The van der Waals surface area contributed by atoms with E-state index >= 15 is 0 Å². The van der Waals surface area contributed by atoms with Gasteiger partial charge in [0.15, 0.2) is 0 Å². The first-order chi connectivity index (χ1) is 10.0. The van der Waals surface area contributed by atoms with Gasteiger partial charge in [-0.05, 0) is 42.3 Å². The van der Waals surface area contributed by atoms with Gasteiger partial charge in [-0.1, -0.05) is 48.6 Å². The van der Waals surface area contributed by atoms with Crippen LogP contribution in [0.25, 0.3) is 10.8 Å². The Kier molecular flexibility index (Phi) is 4.59. The fourth-order valence-corrected chi connectivity index (χ4v) is 2.44. The molecule has 108 valence electrons. The van der Waals surface area contributed by atoms with Crippen molar-refractivity contribution in [3.8, 4) is 0 Å². The third-order valence-corrected chi connectivity index (χ3v) is 3.57. The Morgan fingerprint density at radius 2 is 1.86 bits per heavy atom. The standard InChI is InChI=1S/C19H21NO/c1-5-6-15(3)20(16(4)21)13-17-8-10-18-9-7-14(2)11-19(18)12-17/h5-12H,1,13H2,2-4H3/b15-6+. The molecule has 0 radical (unpaired) electrons. The zero-order valence-corrected chi connectivity index (χ0v) is 12.9. The average molecular weight is 279 g/mol. The van der Waals surface area contributed by atoms with E-state index in [1.165, 1.54) is 16.3 Å². The molecule has 1 amide bonds. The quantitative estimate of drug-likeness (QED) is 0.750. The molecule has 0 unspecified atom stereocenters. The van der Waals surface area contributed by atoms with Gasteiger partial charge in [-0.25, -0.2) is 0 Å². The highest BCUT2D eigenvalue weighted by Gasteiger charge is 2.11. The Morgan fingerprint density at radius 3 is 2.52 bits per heavy atom. The summed E-state index contributed by atoms with van der Waals surface area (Å²) in [6, 6.07) is 12.7. The van der Waals surface area contributed by atoms with Crippen LogP contribution in [0.1, 0.15) is 25.0 Å². The molecule has 2 aromatic rings. The van der Waals surface area contributed by atoms with Crippen molar-refractivity contribution in [2.75, 3.05) is 0 Å². The van der Waals surface area contributed by atoms with Crippen molar-refractivity contribution in [3.05, 3.63) is 72.0 Å². The molecule has 21 heavy (non-hydrogen) atoms. The van der Waals surface area contributed by atoms with Crippen molar-refractivity contribution >= 4 is 16.7 Å². The molecule has 0 bridgehead atoms. The molecule has 0 saturated heterocycles.